The molecule has 1 aromatic carbocycles. The van der Waals surface area contributed by atoms with E-state index in [9.17, 15) is 4.79 Å². The highest BCUT2D eigenvalue weighted by atomic mass is 16.2. The zero-order valence-electron chi connectivity index (χ0n) is 13.9. The van der Waals surface area contributed by atoms with Crippen molar-refractivity contribution in [3.8, 4) is 11.3 Å². The first kappa shape index (κ1) is 15.1. The molecule has 1 fully saturated rings. The SMILES string of the molecule is Cc1cc(N)nc(-c2ccc3c(c2)CN(C2CCCNC2)C3=O)c1. The molecule has 5 nitrogen and oxygen atoms in total. The lowest BCUT2D eigenvalue weighted by atomic mass is 10.0. The molecule has 0 spiro atoms. The highest BCUT2D eigenvalue weighted by molar-refractivity contribution is 5.99. The van der Waals surface area contributed by atoms with Gasteiger partial charge in [-0.1, -0.05) is 6.07 Å². The van der Waals surface area contributed by atoms with Gasteiger partial charge >= 0.3 is 0 Å². The number of nitrogen functional groups attached to an aromatic ring is 1. The highest BCUT2D eigenvalue weighted by Gasteiger charge is 2.33. The van der Waals surface area contributed by atoms with Gasteiger partial charge in [-0.3, -0.25) is 4.79 Å². The van der Waals surface area contributed by atoms with E-state index in [1.54, 1.807) is 0 Å². The number of nitrogens with one attached hydrogen (secondary N) is 1. The molecule has 1 amide bonds. The fourth-order valence-corrected chi connectivity index (χ4v) is 3.74. The average Bonchev–Trinajstić information content (AvgIpc) is 2.91. The van der Waals surface area contributed by atoms with Crippen LogP contribution in [0.4, 0.5) is 5.82 Å². The summed E-state index contributed by atoms with van der Waals surface area (Å²) in [6.07, 6.45) is 2.21. The van der Waals surface area contributed by atoms with E-state index in [4.69, 9.17) is 5.73 Å². The Morgan fingerprint density at radius 3 is 2.92 bits per heavy atom. The van der Waals surface area contributed by atoms with E-state index in [0.29, 0.717) is 18.4 Å². The van der Waals surface area contributed by atoms with Crippen LogP contribution in [-0.2, 0) is 6.54 Å². The summed E-state index contributed by atoms with van der Waals surface area (Å²) < 4.78 is 0. The van der Waals surface area contributed by atoms with Crippen LogP contribution in [0.3, 0.4) is 0 Å². The minimum atomic E-state index is 0.155. The summed E-state index contributed by atoms with van der Waals surface area (Å²) in [5.74, 6) is 0.679. The molecule has 24 heavy (non-hydrogen) atoms. The highest BCUT2D eigenvalue weighted by Crippen LogP contribution is 2.30. The summed E-state index contributed by atoms with van der Waals surface area (Å²) in [4.78, 5) is 19.2. The molecular formula is C19H22N4O. The first-order chi connectivity index (χ1) is 11.6. The van der Waals surface area contributed by atoms with E-state index < -0.39 is 0 Å². The zero-order valence-corrected chi connectivity index (χ0v) is 13.9. The normalized spacial score (nSPS) is 20.3. The van der Waals surface area contributed by atoms with Gasteiger partial charge in [-0.25, -0.2) is 4.98 Å². The van der Waals surface area contributed by atoms with E-state index in [1.807, 2.05) is 36.1 Å². The van der Waals surface area contributed by atoms with Gasteiger partial charge in [-0.05, 0) is 61.7 Å². The van der Waals surface area contributed by atoms with Crippen molar-refractivity contribution in [2.24, 2.45) is 0 Å². The van der Waals surface area contributed by atoms with Crippen molar-refractivity contribution >= 4 is 11.7 Å². The van der Waals surface area contributed by atoms with Crippen molar-refractivity contribution in [2.45, 2.75) is 32.4 Å². The number of benzene rings is 1. The Morgan fingerprint density at radius 1 is 1.29 bits per heavy atom. The molecule has 0 bridgehead atoms. The molecule has 1 aromatic heterocycles. The molecule has 1 saturated heterocycles. The van der Waals surface area contributed by atoms with Gasteiger partial charge in [0.15, 0.2) is 0 Å². The van der Waals surface area contributed by atoms with Crippen LogP contribution in [-0.4, -0.2) is 34.9 Å². The summed E-state index contributed by atoms with van der Waals surface area (Å²) in [7, 11) is 0. The summed E-state index contributed by atoms with van der Waals surface area (Å²) in [6.45, 7) is 4.64. The van der Waals surface area contributed by atoms with Crippen LogP contribution in [0.1, 0.15) is 34.3 Å². The topological polar surface area (TPSA) is 71.2 Å². The number of fused-ring (bicyclic) bond motifs is 1. The van der Waals surface area contributed by atoms with Crippen molar-refractivity contribution in [3.63, 3.8) is 0 Å². The Kier molecular flexibility index (Phi) is 3.73. The van der Waals surface area contributed by atoms with Crippen LogP contribution in [0.5, 0.6) is 0 Å². The maximum atomic E-state index is 12.7. The number of rotatable bonds is 2. The van der Waals surface area contributed by atoms with Gasteiger partial charge in [0.2, 0.25) is 0 Å². The number of hydrogen-bond acceptors (Lipinski definition) is 4. The quantitative estimate of drug-likeness (QED) is 0.890. The van der Waals surface area contributed by atoms with Crippen LogP contribution in [0.15, 0.2) is 30.3 Å². The lowest BCUT2D eigenvalue weighted by molar-refractivity contribution is 0.0674. The molecule has 2 aliphatic heterocycles. The molecular weight excluding hydrogens is 300 g/mol. The van der Waals surface area contributed by atoms with Crippen molar-refractivity contribution in [3.05, 3.63) is 47.0 Å². The number of nitrogens with zero attached hydrogens (tertiary/aromatic N) is 2. The number of aromatic nitrogens is 1. The monoisotopic (exact) mass is 322 g/mol. The van der Waals surface area contributed by atoms with E-state index in [2.05, 4.69) is 16.4 Å². The van der Waals surface area contributed by atoms with Gasteiger partial charge in [0, 0.05) is 30.3 Å². The van der Waals surface area contributed by atoms with Crippen molar-refractivity contribution in [1.82, 2.24) is 15.2 Å². The maximum absolute atomic E-state index is 12.7. The lowest BCUT2D eigenvalue weighted by Gasteiger charge is -2.31. The second-order valence-corrected chi connectivity index (χ2v) is 6.76. The van der Waals surface area contributed by atoms with E-state index >= 15 is 0 Å². The van der Waals surface area contributed by atoms with Crippen molar-refractivity contribution in [1.29, 1.82) is 0 Å². The lowest BCUT2D eigenvalue weighted by Crippen LogP contribution is -2.46. The molecule has 0 saturated carbocycles. The minimum Gasteiger partial charge on any atom is -0.384 e. The number of carbonyl (C=O) groups is 1. The fraction of sp³-hybridized carbons (Fsp3) is 0.368. The van der Waals surface area contributed by atoms with Crippen LogP contribution >= 0.6 is 0 Å². The minimum absolute atomic E-state index is 0.155. The average molecular weight is 322 g/mol. The first-order valence-corrected chi connectivity index (χ1v) is 8.51. The van der Waals surface area contributed by atoms with Gasteiger partial charge in [0.05, 0.1) is 5.69 Å². The predicted molar refractivity (Wildman–Crippen MR) is 94.6 cm³/mol. The first-order valence-electron chi connectivity index (χ1n) is 8.51. The smallest absolute Gasteiger partial charge is 0.254 e. The number of pyridine rings is 1. The fourth-order valence-electron chi connectivity index (χ4n) is 3.74. The predicted octanol–water partition coefficient (Wildman–Crippen LogP) is 2.35. The number of aryl methyl sites for hydroxylation is 1. The maximum Gasteiger partial charge on any atom is 0.254 e. The molecule has 3 N–H and O–H groups in total. The third-order valence-corrected chi connectivity index (χ3v) is 4.93. The number of hydrogen-bond donors (Lipinski definition) is 2. The Labute approximate surface area is 141 Å². The van der Waals surface area contributed by atoms with Crippen LogP contribution < -0.4 is 11.1 Å². The summed E-state index contributed by atoms with van der Waals surface area (Å²) >= 11 is 0. The second kappa shape index (κ2) is 5.91. The molecule has 1 atom stereocenters. The van der Waals surface area contributed by atoms with Crippen LogP contribution in [0.25, 0.3) is 11.3 Å². The van der Waals surface area contributed by atoms with Crippen molar-refractivity contribution in [2.75, 3.05) is 18.8 Å². The molecule has 5 heteroatoms. The second-order valence-electron chi connectivity index (χ2n) is 6.76. The van der Waals surface area contributed by atoms with Gasteiger partial charge < -0.3 is 16.0 Å². The number of piperidine rings is 1. The summed E-state index contributed by atoms with van der Waals surface area (Å²) in [6, 6.07) is 10.2. The Morgan fingerprint density at radius 2 is 2.17 bits per heavy atom. The third kappa shape index (κ3) is 2.65. The molecule has 0 radical (unpaired) electrons. The Hall–Kier alpha value is -2.40. The van der Waals surface area contributed by atoms with Crippen LogP contribution in [0.2, 0.25) is 0 Å². The number of amides is 1. The largest absolute Gasteiger partial charge is 0.384 e. The third-order valence-electron chi connectivity index (χ3n) is 4.93. The van der Waals surface area contributed by atoms with Gasteiger partial charge in [0.25, 0.3) is 5.91 Å². The molecule has 1 unspecified atom stereocenters. The molecule has 3 heterocycles. The van der Waals surface area contributed by atoms with Gasteiger partial charge in [-0.2, -0.15) is 0 Å². The van der Waals surface area contributed by atoms with E-state index in [1.165, 1.54) is 0 Å². The summed E-state index contributed by atoms with van der Waals surface area (Å²) in [5.41, 5.74) is 10.7. The molecule has 2 aromatic rings. The molecule has 124 valence electrons. The standard InChI is InChI=1S/C19H22N4O/c1-12-7-17(22-18(20)8-12)13-4-5-16-14(9-13)11-23(19(16)24)15-3-2-6-21-10-15/h4-5,7-9,15,21H,2-3,6,10-11H2,1H3,(H2,20,22). The van der Waals surface area contributed by atoms with Crippen LogP contribution in [0, 0.1) is 6.92 Å². The molecule has 4 rings (SSSR count). The number of carbonyl (C=O) groups excluding carboxylic acids is 1. The Balaban J connectivity index is 1.65. The number of nitrogens with two attached hydrogens (primary N) is 1. The van der Waals surface area contributed by atoms with E-state index in [0.717, 1.165) is 53.9 Å². The van der Waals surface area contributed by atoms with Gasteiger partial charge in [-0.15, -0.1) is 0 Å². The van der Waals surface area contributed by atoms with Gasteiger partial charge in [0.1, 0.15) is 5.82 Å². The Bertz CT molecular complexity index is 776. The summed E-state index contributed by atoms with van der Waals surface area (Å²) in [5, 5.41) is 3.39. The van der Waals surface area contributed by atoms with E-state index in [-0.39, 0.29) is 5.91 Å². The number of anilines is 1. The zero-order chi connectivity index (χ0) is 16.7. The van der Waals surface area contributed by atoms with Crippen molar-refractivity contribution < 1.29 is 4.79 Å². The molecule has 0 aliphatic carbocycles. The molecule has 2 aliphatic rings.